The molecule has 1 N–H and O–H groups in total. The first kappa shape index (κ1) is 21.2. The average molecular weight is 411 g/mol. The Kier molecular flexibility index (Phi) is 7.65. The highest BCUT2D eigenvalue weighted by atomic mass is 35.5. The zero-order valence-corrected chi connectivity index (χ0v) is 16.9. The number of ether oxygens (including phenoxy) is 1. The Labute approximate surface area is 165 Å². The van der Waals surface area contributed by atoms with Crippen LogP contribution in [0.4, 0.5) is 0 Å². The summed E-state index contributed by atoms with van der Waals surface area (Å²) in [7, 11) is -3.50. The Hall–Kier alpha value is -2.09. The van der Waals surface area contributed by atoms with Gasteiger partial charge in [-0.25, -0.2) is 8.42 Å². The Bertz CT molecular complexity index is 848. The van der Waals surface area contributed by atoms with Crippen LogP contribution in [0.1, 0.15) is 19.4 Å². The van der Waals surface area contributed by atoms with Crippen LogP contribution in [0.15, 0.2) is 53.4 Å². The number of benzene rings is 2. The van der Waals surface area contributed by atoms with Gasteiger partial charge >= 0.3 is 0 Å². The highest BCUT2D eigenvalue weighted by molar-refractivity contribution is 7.89. The van der Waals surface area contributed by atoms with E-state index in [1.165, 1.54) is 16.4 Å². The van der Waals surface area contributed by atoms with Gasteiger partial charge in [0.1, 0.15) is 5.75 Å². The van der Waals surface area contributed by atoms with Gasteiger partial charge in [-0.05, 0) is 42.0 Å². The molecule has 8 heteroatoms. The first-order chi connectivity index (χ1) is 12.9. The number of hydrogen-bond donors (Lipinski definition) is 1. The Morgan fingerprint density at radius 1 is 1.04 bits per heavy atom. The predicted octanol–water partition coefficient (Wildman–Crippen LogP) is 3.07. The maximum atomic E-state index is 12.4. The molecule has 0 aliphatic rings. The molecule has 2 rings (SSSR count). The van der Waals surface area contributed by atoms with E-state index in [0.29, 0.717) is 30.4 Å². The molecule has 0 fully saturated rings. The van der Waals surface area contributed by atoms with E-state index in [9.17, 15) is 13.2 Å². The number of carbonyl (C=O) groups excluding carboxylic acids is 1. The van der Waals surface area contributed by atoms with E-state index >= 15 is 0 Å². The molecule has 0 aromatic heterocycles. The fourth-order valence-electron chi connectivity index (χ4n) is 2.42. The molecule has 0 aliphatic carbocycles. The van der Waals surface area contributed by atoms with Crippen LogP contribution in [0.5, 0.6) is 5.75 Å². The normalized spacial score (nSPS) is 11.4. The maximum absolute atomic E-state index is 12.4. The van der Waals surface area contributed by atoms with Crippen molar-refractivity contribution in [2.45, 2.75) is 25.3 Å². The molecule has 146 valence electrons. The molecule has 0 spiro atoms. The van der Waals surface area contributed by atoms with Crippen molar-refractivity contribution in [2.24, 2.45) is 0 Å². The van der Waals surface area contributed by atoms with E-state index in [0.717, 1.165) is 5.56 Å². The molecular weight excluding hydrogens is 388 g/mol. The van der Waals surface area contributed by atoms with Crippen molar-refractivity contribution < 1.29 is 17.9 Å². The van der Waals surface area contributed by atoms with Crippen LogP contribution in [0.25, 0.3) is 0 Å². The smallest absolute Gasteiger partial charge is 0.258 e. The highest BCUT2D eigenvalue weighted by Gasteiger charge is 2.21. The summed E-state index contributed by atoms with van der Waals surface area (Å²) in [6, 6.07) is 13.2. The molecule has 2 aromatic carbocycles. The van der Waals surface area contributed by atoms with E-state index in [4.69, 9.17) is 16.3 Å². The Morgan fingerprint density at radius 2 is 1.63 bits per heavy atom. The van der Waals surface area contributed by atoms with Crippen LogP contribution in [-0.2, 0) is 21.4 Å². The summed E-state index contributed by atoms with van der Waals surface area (Å²) < 4.78 is 31.6. The number of rotatable bonds is 9. The zero-order valence-electron chi connectivity index (χ0n) is 15.3. The van der Waals surface area contributed by atoms with Gasteiger partial charge < -0.3 is 10.1 Å². The third-order valence-corrected chi connectivity index (χ3v) is 6.26. The maximum Gasteiger partial charge on any atom is 0.258 e. The largest absolute Gasteiger partial charge is 0.484 e. The lowest BCUT2D eigenvalue weighted by atomic mass is 10.2. The van der Waals surface area contributed by atoms with E-state index < -0.39 is 10.0 Å². The number of amides is 1. The van der Waals surface area contributed by atoms with E-state index in [1.807, 2.05) is 12.1 Å². The molecule has 0 saturated heterocycles. The summed E-state index contributed by atoms with van der Waals surface area (Å²) >= 11 is 5.82. The molecule has 1 amide bonds. The quantitative estimate of drug-likeness (QED) is 0.689. The second-order valence-corrected chi connectivity index (χ2v) is 8.13. The number of carbonyl (C=O) groups is 1. The summed E-state index contributed by atoms with van der Waals surface area (Å²) in [4.78, 5) is 12.1. The van der Waals surface area contributed by atoms with Crippen LogP contribution in [0, 0.1) is 0 Å². The van der Waals surface area contributed by atoms with Crippen molar-refractivity contribution in [1.82, 2.24) is 9.62 Å². The summed E-state index contributed by atoms with van der Waals surface area (Å²) in [5, 5.41) is 3.38. The number of nitrogens with zero attached hydrogens (tertiary/aromatic N) is 1. The van der Waals surface area contributed by atoms with Gasteiger partial charge in [-0.1, -0.05) is 37.6 Å². The second kappa shape index (κ2) is 9.73. The van der Waals surface area contributed by atoms with Gasteiger partial charge in [0.15, 0.2) is 6.61 Å². The molecule has 0 radical (unpaired) electrons. The lowest BCUT2D eigenvalue weighted by molar-refractivity contribution is -0.123. The van der Waals surface area contributed by atoms with Gasteiger partial charge in [-0.3, -0.25) is 4.79 Å². The monoisotopic (exact) mass is 410 g/mol. The van der Waals surface area contributed by atoms with Crippen LogP contribution in [-0.4, -0.2) is 38.3 Å². The molecule has 27 heavy (non-hydrogen) atoms. The second-order valence-electron chi connectivity index (χ2n) is 5.75. The van der Waals surface area contributed by atoms with Gasteiger partial charge in [0.2, 0.25) is 10.0 Å². The lowest BCUT2D eigenvalue weighted by Gasteiger charge is -2.18. The van der Waals surface area contributed by atoms with Crippen molar-refractivity contribution >= 4 is 27.5 Å². The molecule has 0 heterocycles. The fourth-order valence-corrected chi connectivity index (χ4v) is 4.01. The van der Waals surface area contributed by atoms with Crippen molar-refractivity contribution in [3.8, 4) is 5.75 Å². The van der Waals surface area contributed by atoms with Crippen molar-refractivity contribution in [1.29, 1.82) is 0 Å². The van der Waals surface area contributed by atoms with Crippen LogP contribution < -0.4 is 10.1 Å². The Balaban J connectivity index is 1.87. The topological polar surface area (TPSA) is 75.7 Å². The summed E-state index contributed by atoms with van der Waals surface area (Å²) in [5.41, 5.74) is 0.929. The number of nitrogens with one attached hydrogen (secondary N) is 1. The lowest BCUT2D eigenvalue weighted by Crippen LogP contribution is -2.30. The van der Waals surface area contributed by atoms with Gasteiger partial charge in [0, 0.05) is 24.7 Å². The minimum absolute atomic E-state index is 0.157. The van der Waals surface area contributed by atoms with Gasteiger partial charge in [-0.15, -0.1) is 0 Å². The van der Waals surface area contributed by atoms with E-state index in [2.05, 4.69) is 5.32 Å². The third kappa shape index (κ3) is 5.95. The standard InChI is InChI=1S/C19H23ClN2O4S/c1-3-22(4-2)27(24,25)18-11-9-17(10-12-18)26-14-19(23)21-13-15-5-7-16(20)8-6-15/h5-12H,3-4,13-14H2,1-2H3,(H,21,23). The SMILES string of the molecule is CCN(CC)S(=O)(=O)c1ccc(OCC(=O)NCc2ccc(Cl)cc2)cc1. The first-order valence-electron chi connectivity index (χ1n) is 8.61. The molecule has 6 nitrogen and oxygen atoms in total. The summed E-state index contributed by atoms with van der Waals surface area (Å²) in [6.07, 6.45) is 0. The molecule has 0 saturated carbocycles. The fraction of sp³-hybridized carbons (Fsp3) is 0.316. The Morgan fingerprint density at radius 3 is 2.19 bits per heavy atom. The summed E-state index contributed by atoms with van der Waals surface area (Å²) in [6.45, 7) is 4.62. The number of sulfonamides is 1. The highest BCUT2D eigenvalue weighted by Crippen LogP contribution is 2.19. The average Bonchev–Trinajstić information content (AvgIpc) is 2.67. The minimum Gasteiger partial charge on any atom is -0.484 e. The predicted molar refractivity (Wildman–Crippen MR) is 105 cm³/mol. The van der Waals surface area contributed by atoms with E-state index in [-0.39, 0.29) is 17.4 Å². The minimum atomic E-state index is -3.50. The van der Waals surface area contributed by atoms with Crippen LogP contribution >= 0.6 is 11.6 Å². The summed E-state index contributed by atoms with van der Waals surface area (Å²) in [5.74, 6) is 0.153. The molecule has 0 aliphatic heterocycles. The van der Waals surface area contributed by atoms with Crippen molar-refractivity contribution in [3.63, 3.8) is 0 Å². The third-order valence-electron chi connectivity index (χ3n) is 3.94. The molecular formula is C19H23ClN2O4S. The molecule has 0 bridgehead atoms. The van der Waals surface area contributed by atoms with Gasteiger partial charge in [0.25, 0.3) is 5.91 Å². The van der Waals surface area contributed by atoms with Crippen LogP contribution in [0.2, 0.25) is 5.02 Å². The van der Waals surface area contributed by atoms with Gasteiger partial charge in [-0.2, -0.15) is 4.31 Å². The zero-order chi connectivity index (χ0) is 19.9. The number of halogens is 1. The van der Waals surface area contributed by atoms with Crippen molar-refractivity contribution in [2.75, 3.05) is 19.7 Å². The van der Waals surface area contributed by atoms with Crippen molar-refractivity contribution in [3.05, 3.63) is 59.1 Å². The molecule has 2 aromatic rings. The van der Waals surface area contributed by atoms with E-state index in [1.54, 1.807) is 38.1 Å². The van der Waals surface area contributed by atoms with Gasteiger partial charge in [0.05, 0.1) is 4.90 Å². The first-order valence-corrected chi connectivity index (χ1v) is 10.4. The number of hydrogen-bond acceptors (Lipinski definition) is 4. The molecule has 0 unspecified atom stereocenters. The van der Waals surface area contributed by atoms with Crippen LogP contribution in [0.3, 0.4) is 0 Å². The molecule has 0 atom stereocenters.